The summed E-state index contributed by atoms with van der Waals surface area (Å²) in [4.78, 5) is 13.3. The molecule has 28 heavy (non-hydrogen) atoms. The van der Waals surface area contributed by atoms with Crippen molar-refractivity contribution in [2.45, 2.75) is 70.5 Å². The molecule has 4 heteroatoms. The van der Waals surface area contributed by atoms with Crippen molar-refractivity contribution in [3.63, 3.8) is 0 Å². The first-order chi connectivity index (χ1) is 13.5. The van der Waals surface area contributed by atoms with Gasteiger partial charge in [0.25, 0.3) is 0 Å². The highest BCUT2D eigenvalue weighted by Crippen LogP contribution is 2.62. The zero-order valence-electron chi connectivity index (χ0n) is 16.7. The lowest BCUT2D eigenvalue weighted by molar-refractivity contribution is -0.168. The molecular weight excluding hydrogens is 352 g/mol. The number of aliphatic hydroxyl groups excluding tert-OH is 2. The first-order valence-electron chi connectivity index (χ1n) is 11.1. The highest BCUT2D eigenvalue weighted by Gasteiger charge is 2.59. The van der Waals surface area contributed by atoms with Crippen molar-refractivity contribution in [3.05, 3.63) is 29.7 Å². The summed E-state index contributed by atoms with van der Waals surface area (Å²) in [5, 5.41) is 21.4. The normalized spacial score (nSPS) is 47.3. The van der Waals surface area contributed by atoms with Gasteiger partial charge >= 0.3 is 0 Å². The van der Waals surface area contributed by atoms with Crippen molar-refractivity contribution in [3.8, 4) is 0 Å². The first kappa shape index (κ1) is 18.6. The number of carbonyl (C=O) groups is 1. The molecule has 0 unspecified atom stereocenters. The van der Waals surface area contributed by atoms with Gasteiger partial charge in [-0.3, -0.25) is 4.79 Å². The van der Waals surface area contributed by atoms with Gasteiger partial charge in [-0.2, -0.15) is 0 Å². The van der Waals surface area contributed by atoms with Gasteiger partial charge in [-0.05, 0) is 104 Å². The monoisotopic (exact) mass is 384 g/mol. The molecule has 4 aliphatic rings. The molecule has 5 rings (SSSR count). The molecule has 1 aromatic heterocycles. The molecule has 4 fully saturated rings. The van der Waals surface area contributed by atoms with E-state index < -0.39 is 6.10 Å². The van der Waals surface area contributed by atoms with Crippen LogP contribution in [0.15, 0.2) is 28.4 Å². The summed E-state index contributed by atoms with van der Waals surface area (Å²) >= 11 is 0. The maximum Gasteiger partial charge on any atom is 0.162 e. The van der Waals surface area contributed by atoms with E-state index in [2.05, 4.69) is 6.92 Å². The van der Waals surface area contributed by atoms with Crippen molar-refractivity contribution in [1.82, 2.24) is 0 Å². The van der Waals surface area contributed by atoms with E-state index in [1.165, 1.54) is 0 Å². The Morgan fingerprint density at radius 3 is 2.79 bits per heavy atom. The van der Waals surface area contributed by atoms with Gasteiger partial charge in [-0.1, -0.05) is 6.92 Å². The van der Waals surface area contributed by atoms with E-state index in [-0.39, 0.29) is 29.1 Å². The molecular formula is C24H32O4. The molecule has 0 saturated heterocycles. The van der Waals surface area contributed by atoms with Gasteiger partial charge < -0.3 is 14.6 Å². The number of rotatable bonds is 1. The quantitative estimate of drug-likeness (QED) is 0.712. The molecule has 0 spiro atoms. The molecule has 0 amide bonds. The molecule has 8 atom stereocenters. The van der Waals surface area contributed by atoms with Crippen molar-refractivity contribution < 1.29 is 19.4 Å². The second kappa shape index (κ2) is 6.84. The highest BCUT2D eigenvalue weighted by atomic mass is 16.3. The fourth-order valence-corrected chi connectivity index (χ4v) is 7.52. The van der Waals surface area contributed by atoms with Crippen molar-refractivity contribution in [1.29, 1.82) is 0 Å². The minimum Gasteiger partial charge on any atom is -0.465 e. The van der Waals surface area contributed by atoms with Gasteiger partial charge in [0.15, 0.2) is 5.78 Å². The van der Waals surface area contributed by atoms with Crippen LogP contribution in [0.1, 0.15) is 64.1 Å². The predicted molar refractivity (Wildman–Crippen MR) is 106 cm³/mol. The van der Waals surface area contributed by atoms with Crippen LogP contribution in [0.25, 0.3) is 6.08 Å². The number of Topliss-reactive ketones (excluding diaryl/α,β-unsaturated/α-hetero) is 1. The maximum absolute atomic E-state index is 13.3. The van der Waals surface area contributed by atoms with Crippen LogP contribution >= 0.6 is 0 Å². The van der Waals surface area contributed by atoms with Gasteiger partial charge in [0, 0.05) is 5.92 Å². The van der Waals surface area contributed by atoms with Crippen LogP contribution in [0, 0.1) is 35.0 Å². The molecule has 0 bridgehead atoms. The van der Waals surface area contributed by atoms with E-state index in [1.54, 1.807) is 6.26 Å². The second-order valence-electron chi connectivity index (χ2n) is 10.1. The number of ketones is 1. The van der Waals surface area contributed by atoms with Gasteiger partial charge in [0.05, 0.1) is 18.5 Å². The smallest absolute Gasteiger partial charge is 0.162 e. The van der Waals surface area contributed by atoms with Crippen LogP contribution in [-0.4, -0.2) is 28.2 Å². The average Bonchev–Trinajstić information content (AvgIpc) is 3.18. The third-order valence-electron chi connectivity index (χ3n) is 8.81. The number of carbonyl (C=O) groups excluding carboxylic acids is 1. The minimum atomic E-state index is -0.402. The van der Waals surface area contributed by atoms with Crippen LogP contribution in [0.4, 0.5) is 0 Å². The lowest BCUT2D eigenvalue weighted by Crippen LogP contribution is -2.58. The summed E-state index contributed by atoms with van der Waals surface area (Å²) in [5.74, 6) is 2.57. The first-order valence-corrected chi connectivity index (χ1v) is 11.1. The Kier molecular flexibility index (Phi) is 4.55. The van der Waals surface area contributed by atoms with Crippen molar-refractivity contribution in [2.75, 3.05) is 0 Å². The van der Waals surface area contributed by atoms with Crippen LogP contribution < -0.4 is 0 Å². The summed E-state index contributed by atoms with van der Waals surface area (Å²) in [6.45, 7) is 2.36. The second-order valence-corrected chi connectivity index (χ2v) is 10.1. The van der Waals surface area contributed by atoms with E-state index in [0.29, 0.717) is 24.2 Å². The Bertz CT molecular complexity index is 766. The molecule has 1 aromatic rings. The topological polar surface area (TPSA) is 70.7 Å². The zero-order chi connectivity index (χ0) is 19.5. The Balaban J connectivity index is 1.41. The number of allylic oxidation sites excluding steroid dienone is 1. The Morgan fingerprint density at radius 2 is 2.00 bits per heavy atom. The van der Waals surface area contributed by atoms with Crippen molar-refractivity contribution >= 4 is 11.9 Å². The molecule has 0 aliphatic heterocycles. The Morgan fingerprint density at radius 1 is 1.14 bits per heavy atom. The van der Waals surface area contributed by atoms with Crippen LogP contribution in [-0.2, 0) is 4.79 Å². The fraction of sp³-hybridized carbons (Fsp3) is 0.708. The molecule has 2 N–H and O–H groups in total. The number of aliphatic hydroxyl groups is 2. The van der Waals surface area contributed by atoms with E-state index in [9.17, 15) is 15.0 Å². The van der Waals surface area contributed by atoms with Crippen LogP contribution in [0.5, 0.6) is 0 Å². The van der Waals surface area contributed by atoms with Gasteiger partial charge in [0.1, 0.15) is 5.76 Å². The summed E-state index contributed by atoms with van der Waals surface area (Å²) in [6.07, 6.45) is 10.4. The Hall–Kier alpha value is -1.39. The molecule has 4 aliphatic carbocycles. The predicted octanol–water partition coefficient (Wildman–Crippen LogP) is 4.22. The largest absolute Gasteiger partial charge is 0.465 e. The van der Waals surface area contributed by atoms with Crippen LogP contribution in [0.3, 0.4) is 0 Å². The Labute approximate surface area is 167 Å². The summed E-state index contributed by atoms with van der Waals surface area (Å²) < 4.78 is 5.41. The maximum atomic E-state index is 13.3. The summed E-state index contributed by atoms with van der Waals surface area (Å²) in [5.41, 5.74) is 0.974. The fourth-order valence-electron chi connectivity index (χ4n) is 7.52. The average molecular weight is 385 g/mol. The molecule has 1 heterocycles. The number of fused-ring (bicyclic) bond motifs is 5. The molecule has 4 nitrogen and oxygen atoms in total. The highest BCUT2D eigenvalue weighted by molar-refractivity contribution is 6.01. The van der Waals surface area contributed by atoms with Crippen molar-refractivity contribution in [2.24, 2.45) is 35.0 Å². The number of hydrogen-bond donors (Lipinski definition) is 2. The standard InChI is InChI=1S/C24H32O4/c1-24-9-8-16(25)12-15(24)5-7-19-18-6-4-14(11-17-3-2-10-28-17)23(27)20(18)13-21(26)22(19)24/h2-3,10-11,15-16,18-22,25-26H,4-9,12-13H2,1H3/b14-11+/t15-,16+,18+,19-,20+,21+,22+,24-/m0/s1. The summed E-state index contributed by atoms with van der Waals surface area (Å²) in [7, 11) is 0. The van der Waals surface area contributed by atoms with E-state index in [4.69, 9.17) is 4.42 Å². The molecule has 4 saturated carbocycles. The van der Waals surface area contributed by atoms with Gasteiger partial charge in [0.2, 0.25) is 0 Å². The third-order valence-corrected chi connectivity index (χ3v) is 8.81. The third kappa shape index (κ3) is 2.83. The molecule has 0 aromatic carbocycles. The lowest BCUT2D eigenvalue weighted by atomic mass is 9.45. The van der Waals surface area contributed by atoms with E-state index >= 15 is 0 Å². The molecule has 152 valence electrons. The zero-order valence-corrected chi connectivity index (χ0v) is 16.7. The number of hydrogen-bond acceptors (Lipinski definition) is 4. The SMILES string of the molecule is C[C@]12CC[C@@H](O)C[C@@H]1CC[C@H]1[C@H]3CC/C(=C\c4ccco4)C(=O)[C@@H]3C[C@@H](O)[C@@H]12. The lowest BCUT2D eigenvalue weighted by Gasteiger charge is -2.61. The minimum absolute atomic E-state index is 0.0412. The van der Waals surface area contributed by atoms with Gasteiger partial charge in [-0.15, -0.1) is 0 Å². The van der Waals surface area contributed by atoms with Gasteiger partial charge in [-0.25, -0.2) is 0 Å². The van der Waals surface area contributed by atoms with E-state index in [1.807, 2.05) is 18.2 Å². The van der Waals surface area contributed by atoms with E-state index in [0.717, 1.165) is 56.3 Å². The van der Waals surface area contributed by atoms with Crippen LogP contribution in [0.2, 0.25) is 0 Å². The molecule has 0 radical (unpaired) electrons. The number of furan rings is 1. The summed E-state index contributed by atoms with van der Waals surface area (Å²) in [6, 6.07) is 3.73.